The summed E-state index contributed by atoms with van der Waals surface area (Å²) in [7, 11) is 3.17. The number of nitrogens with zero attached hydrogens (tertiary/aromatic N) is 4. The van der Waals surface area contributed by atoms with Crippen LogP contribution in [0.3, 0.4) is 0 Å². The molecule has 0 radical (unpaired) electrons. The number of aromatic nitrogens is 3. The van der Waals surface area contributed by atoms with Crippen LogP contribution in [-0.2, 0) is 10.5 Å². The Kier molecular flexibility index (Phi) is 6.53. The van der Waals surface area contributed by atoms with E-state index in [1.54, 1.807) is 37.3 Å². The molecule has 2 heterocycles. The SMILES string of the molecule is CCN(C(C)=O)c1nc(CSc2nnc(-c3cc(OC)cc(OC)c3)o2)cs1. The van der Waals surface area contributed by atoms with Crippen molar-refractivity contribution in [1.29, 1.82) is 0 Å². The molecule has 0 saturated heterocycles. The highest BCUT2D eigenvalue weighted by Crippen LogP contribution is 2.31. The van der Waals surface area contributed by atoms with Crippen LogP contribution in [0.5, 0.6) is 11.5 Å². The molecule has 0 atom stereocenters. The fourth-order valence-electron chi connectivity index (χ4n) is 2.43. The molecular weight excluding hydrogens is 400 g/mol. The van der Waals surface area contributed by atoms with Crippen LogP contribution in [0.1, 0.15) is 19.5 Å². The standard InChI is InChI=1S/C18H20N4O4S2/c1-5-22(11(2)23)17-19-13(9-27-17)10-28-18-21-20-16(26-18)12-6-14(24-3)8-15(7-12)25-4/h6-9H,5,10H2,1-4H3. The van der Waals surface area contributed by atoms with Crippen LogP contribution >= 0.6 is 23.1 Å². The zero-order chi connectivity index (χ0) is 20.1. The van der Waals surface area contributed by atoms with Gasteiger partial charge in [-0.1, -0.05) is 11.8 Å². The largest absolute Gasteiger partial charge is 0.497 e. The molecular formula is C18H20N4O4S2. The maximum absolute atomic E-state index is 11.6. The molecule has 3 aromatic rings. The molecule has 0 saturated carbocycles. The third-order valence-electron chi connectivity index (χ3n) is 3.82. The highest BCUT2D eigenvalue weighted by Gasteiger charge is 2.15. The fourth-order valence-corrected chi connectivity index (χ4v) is 4.12. The lowest BCUT2D eigenvalue weighted by Crippen LogP contribution is -2.27. The molecule has 10 heteroatoms. The molecule has 148 valence electrons. The smallest absolute Gasteiger partial charge is 0.277 e. The van der Waals surface area contributed by atoms with Gasteiger partial charge in [-0.3, -0.25) is 9.69 Å². The van der Waals surface area contributed by atoms with Gasteiger partial charge < -0.3 is 13.9 Å². The Balaban J connectivity index is 1.69. The number of thiazole rings is 1. The van der Waals surface area contributed by atoms with Gasteiger partial charge in [0.15, 0.2) is 5.13 Å². The molecule has 8 nitrogen and oxygen atoms in total. The lowest BCUT2D eigenvalue weighted by Gasteiger charge is -2.14. The molecule has 28 heavy (non-hydrogen) atoms. The van der Waals surface area contributed by atoms with E-state index < -0.39 is 0 Å². The molecule has 1 aromatic carbocycles. The van der Waals surface area contributed by atoms with Crippen LogP contribution in [0, 0.1) is 0 Å². The number of rotatable bonds is 8. The van der Waals surface area contributed by atoms with Crippen molar-refractivity contribution in [1.82, 2.24) is 15.2 Å². The molecule has 0 aliphatic rings. The van der Waals surface area contributed by atoms with Crippen molar-refractivity contribution in [3.8, 4) is 23.0 Å². The van der Waals surface area contributed by atoms with Crippen LogP contribution in [0.4, 0.5) is 5.13 Å². The average Bonchev–Trinajstić information content (AvgIpc) is 3.36. The van der Waals surface area contributed by atoms with Crippen molar-refractivity contribution >= 4 is 34.1 Å². The molecule has 0 spiro atoms. The minimum absolute atomic E-state index is 0.0219. The normalized spacial score (nSPS) is 10.7. The Morgan fingerprint density at radius 3 is 2.54 bits per heavy atom. The maximum Gasteiger partial charge on any atom is 0.277 e. The molecule has 0 aliphatic carbocycles. The predicted molar refractivity (Wildman–Crippen MR) is 108 cm³/mol. The van der Waals surface area contributed by atoms with Gasteiger partial charge in [0.1, 0.15) is 11.5 Å². The second kappa shape index (κ2) is 9.07. The molecule has 0 bridgehead atoms. The number of benzene rings is 1. The van der Waals surface area contributed by atoms with Crippen LogP contribution < -0.4 is 14.4 Å². The predicted octanol–water partition coefficient (Wildman–Crippen LogP) is 3.88. The van der Waals surface area contributed by atoms with E-state index in [0.717, 1.165) is 5.69 Å². The van der Waals surface area contributed by atoms with Gasteiger partial charge in [-0.25, -0.2) is 4.98 Å². The number of hydrogen-bond donors (Lipinski definition) is 0. The molecule has 0 fully saturated rings. The summed E-state index contributed by atoms with van der Waals surface area (Å²) < 4.78 is 16.3. The first kappa shape index (κ1) is 20.2. The number of carbonyl (C=O) groups excluding carboxylic acids is 1. The van der Waals surface area contributed by atoms with E-state index in [4.69, 9.17) is 13.9 Å². The summed E-state index contributed by atoms with van der Waals surface area (Å²) in [4.78, 5) is 17.8. The van der Waals surface area contributed by atoms with Gasteiger partial charge >= 0.3 is 0 Å². The Morgan fingerprint density at radius 1 is 1.21 bits per heavy atom. The van der Waals surface area contributed by atoms with Gasteiger partial charge in [-0.2, -0.15) is 0 Å². The van der Waals surface area contributed by atoms with Crippen molar-refractivity contribution in [3.63, 3.8) is 0 Å². The third-order valence-corrected chi connectivity index (χ3v) is 5.58. The molecule has 2 aromatic heterocycles. The van der Waals surface area contributed by atoms with Gasteiger partial charge in [0, 0.05) is 36.2 Å². The van der Waals surface area contributed by atoms with Gasteiger partial charge in [0.05, 0.1) is 19.9 Å². The lowest BCUT2D eigenvalue weighted by molar-refractivity contribution is -0.116. The molecule has 0 unspecified atom stereocenters. The van der Waals surface area contributed by atoms with Gasteiger partial charge in [-0.15, -0.1) is 21.5 Å². The molecule has 3 rings (SSSR count). The highest BCUT2D eigenvalue weighted by molar-refractivity contribution is 7.98. The first-order valence-corrected chi connectivity index (χ1v) is 10.3. The molecule has 0 aliphatic heterocycles. The second-order valence-corrected chi connectivity index (χ2v) is 7.41. The Morgan fingerprint density at radius 2 is 1.93 bits per heavy atom. The van der Waals surface area contributed by atoms with E-state index >= 15 is 0 Å². The Bertz CT molecular complexity index is 934. The van der Waals surface area contributed by atoms with Crippen LogP contribution in [-0.4, -0.2) is 41.9 Å². The summed E-state index contributed by atoms with van der Waals surface area (Å²) in [5, 5.41) is 11.2. The van der Waals surface area contributed by atoms with E-state index in [0.29, 0.717) is 45.6 Å². The van der Waals surface area contributed by atoms with Crippen LogP contribution in [0.15, 0.2) is 33.2 Å². The van der Waals surface area contributed by atoms with E-state index in [1.807, 2.05) is 12.3 Å². The quantitative estimate of drug-likeness (QED) is 0.507. The zero-order valence-corrected chi connectivity index (χ0v) is 17.6. The van der Waals surface area contributed by atoms with E-state index in [-0.39, 0.29) is 5.91 Å². The summed E-state index contributed by atoms with van der Waals surface area (Å²) in [5.74, 6) is 2.21. The monoisotopic (exact) mass is 420 g/mol. The van der Waals surface area contributed by atoms with Gasteiger partial charge in [-0.05, 0) is 19.1 Å². The Hall–Kier alpha value is -2.59. The Labute approximate surface area is 170 Å². The highest BCUT2D eigenvalue weighted by atomic mass is 32.2. The minimum Gasteiger partial charge on any atom is -0.497 e. The topological polar surface area (TPSA) is 90.6 Å². The minimum atomic E-state index is -0.0219. The summed E-state index contributed by atoms with van der Waals surface area (Å²) >= 11 is 2.83. The van der Waals surface area contributed by atoms with Crippen molar-refractivity contribution in [2.75, 3.05) is 25.7 Å². The van der Waals surface area contributed by atoms with Gasteiger partial charge in [0.2, 0.25) is 11.8 Å². The van der Waals surface area contributed by atoms with Crippen molar-refractivity contribution in [2.45, 2.75) is 24.8 Å². The number of carbonyl (C=O) groups is 1. The number of methoxy groups -OCH3 is 2. The van der Waals surface area contributed by atoms with E-state index in [2.05, 4.69) is 15.2 Å². The summed E-state index contributed by atoms with van der Waals surface area (Å²) in [6, 6.07) is 5.38. The number of ether oxygens (including phenoxy) is 2. The molecule has 0 N–H and O–H groups in total. The van der Waals surface area contributed by atoms with Crippen LogP contribution in [0.25, 0.3) is 11.5 Å². The first-order valence-electron chi connectivity index (χ1n) is 8.46. The van der Waals surface area contributed by atoms with Crippen molar-refractivity contribution < 1.29 is 18.7 Å². The van der Waals surface area contributed by atoms with E-state index in [1.165, 1.54) is 30.0 Å². The maximum atomic E-state index is 11.6. The third kappa shape index (κ3) is 4.63. The summed E-state index contributed by atoms with van der Waals surface area (Å²) in [6.07, 6.45) is 0. The van der Waals surface area contributed by atoms with Crippen LogP contribution in [0.2, 0.25) is 0 Å². The summed E-state index contributed by atoms with van der Waals surface area (Å²) in [6.45, 7) is 4.05. The number of thioether (sulfide) groups is 1. The lowest BCUT2D eigenvalue weighted by atomic mass is 10.2. The number of amides is 1. The first-order chi connectivity index (χ1) is 13.5. The number of anilines is 1. The summed E-state index contributed by atoms with van der Waals surface area (Å²) in [5.41, 5.74) is 1.57. The molecule has 1 amide bonds. The fraction of sp³-hybridized carbons (Fsp3) is 0.333. The van der Waals surface area contributed by atoms with Crippen molar-refractivity contribution in [3.05, 3.63) is 29.3 Å². The van der Waals surface area contributed by atoms with E-state index in [9.17, 15) is 4.79 Å². The average molecular weight is 421 g/mol. The second-order valence-electron chi connectivity index (χ2n) is 5.65. The number of hydrogen-bond acceptors (Lipinski definition) is 9. The van der Waals surface area contributed by atoms with Crippen molar-refractivity contribution in [2.24, 2.45) is 0 Å². The zero-order valence-electron chi connectivity index (χ0n) is 16.0. The van der Waals surface area contributed by atoms with Gasteiger partial charge in [0.25, 0.3) is 5.22 Å².